The molecule has 0 bridgehead atoms. The summed E-state index contributed by atoms with van der Waals surface area (Å²) in [5.41, 5.74) is 6.32. The summed E-state index contributed by atoms with van der Waals surface area (Å²) in [6.45, 7) is 2.45. The van der Waals surface area contributed by atoms with Gasteiger partial charge in [-0.15, -0.1) is 11.3 Å². The molecule has 0 spiro atoms. The number of carbonyl (C=O) groups is 1. The van der Waals surface area contributed by atoms with Crippen LogP contribution in [0.15, 0.2) is 30.5 Å². The summed E-state index contributed by atoms with van der Waals surface area (Å²) in [5.74, 6) is -1.46. The number of benzene rings is 2. The fraction of sp³-hybridized carbons (Fsp3) is 0.432. The average Bonchev–Trinajstić information content (AvgIpc) is 3.87. The normalized spacial score (nSPS) is 22.0. The maximum absolute atomic E-state index is 17.1. The molecule has 0 amide bonds. The van der Waals surface area contributed by atoms with Gasteiger partial charge in [-0.3, -0.25) is 9.69 Å². The number of halogens is 4. The number of aromatic nitrogens is 4. The van der Waals surface area contributed by atoms with Crippen LogP contribution in [0.1, 0.15) is 54.6 Å². The van der Waals surface area contributed by atoms with Crippen molar-refractivity contribution in [1.29, 1.82) is 5.26 Å². The predicted octanol–water partition coefficient (Wildman–Crippen LogP) is 7.14. The molecule has 0 saturated carbocycles. The zero-order valence-corrected chi connectivity index (χ0v) is 30.5. The Labute approximate surface area is 312 Å². The first-order valence-electron chi connectivity index (χ1n) is 17.6. The number of rotatable bonds is 8. The number of nitrogen functional groups attached to an aromatic ring is 1. The lowest BCUT2D eigenvalue weighted by Gasteiger charge is -2.31. The number of fused-ring (bicyclic) bond motifs is 3. The number of methoxy groups -OCH3 is 1. The summed E-state index contributed by atoms with van der Waals surface area (Å²) in [6.07, 6.45) is 4.41. The second kappa shape index (κ2) is 14.1. The van der Waals surface area contributed by atoms with Crippen LogP contribution in [0.25, 0.3) is 32.1 Å². The minimum Gasteiger partial charge on any atom is -0.461 e. The Bertz CT molecular complexity index is 2300. The third kappa shape index (κ3) is 6.25. The van der Waals surface area contributed by atoms with Gasteiger partial charge >= 0.3 is 6.01 Å². The molecule has 3 aliphatic heterocycles. The second-order valence-corrected chi connectivity index (χ2v) is 15.5. The summed E-state index contributed by atoms with van der Waals surface area (Å²) in [6, 6.07) is 7.84. The van der Waals surface area contributed by atoms with Crippen molar-refractivity contribution in [3.8, 4) is 23.2 Å². The van der Waals surface area contributed by atoms with Gasteiger partial charge in [-0.05, 0) is 62.4 Å². The van der Waals surface area contributed by atoms with Gasteiger partial charge in [0.15, 0.2) is 5.82 Å². The SMILES string of the molecule is COCc1ccn(C(=O)C2CCCN(c3nc(OC[C@@]45CCCN4C[C@H](F)C5)nc4c(F)c(-c5ccc(F)c6sc(N)c(C#N)c56)c(Cl)cc34)CC2)n1. The van der Waals surface area contributed by atoms with Crippen LogP contribution >= 0.6 is 22.9 Å². The summed E-state index contributed by atoms with van der Waals surface area (Å²) in [4.78, 5) is 27.0. The molecule has 3 fully saturated rings. The lowest BCUT2D eigenvalue weighted by Crippen LogP contribution is -2.43. The van der Waals surface area contributed by atoms with E-state index in [1.165, 1.54) is 16.8 Å². The van der Waals surface area contributed by atoms with Crippen LogP contribution in [-0.2, 0) is 11.3 Å². The van der Waals surface area contributed by atoms with Gasteiger partial charge in [-0.25, -0.2) is 17.9 Å². The molecule has 1 unspecified atom stereocenters. The predicted molar refractivity (Wildman–Crippen MR) is 196 cm³/mol. The smallest absolute Gasteiger partial charge is 0.319 e. The van der Waals surface area contributed by atoms with Crippen molar-refractivity contribution in [3.05, 3.63) is 58.4 Å². The molecule has 276 valence electrons. The van der Waals surface area contributed by atoms with Crippen LogP contribution < -0.4 is 15.4 Å². The highest BCUT2D eigenvalue weighted by Crippen LogP contribution is 2.46. The summed E-state index contributed by atoms with van der Waals surface area (Å²) in [5, 5.41) is 14.9. The Kier molecular flexibility index (Phi) is 9.42. The first kappa shape index (κ1) is 35.5. The maximum Gasteiger partial charge on any atom is 0.319 e. The molecule has 11 nitrogen and oxygen atoms in total. The highest BCUT2D eigenvalue weighted by Gasteiger charge is 2.49. The number of carbonyl (C=O) groups excluding carboxylic acids is 1. The molecule has 6 heterocycles. The molecule has 0 aliphatic carbocycles. The van der Waals surface area contributed by atoms with E-state index in [1.807, 2.05) is 11.0 Å². The van der Waals surface area contributed by atoms with Gasteiger partial charge in [-0.1, -0.05) is 17.7 Å². The zero-order valence-electron chi connectivity index (χ0n) is 28.9. The molecular weight excluding hydrogens is 729 g/mol. The van der Waals surface area contributed by atoms with E-state index >= 15 is 4.39 Å². The minimum absolute atomic E-state index is 0.00365. The second-order valence-electron chi connectivity index (χ2n) is 14.0. The van der Waals surface area contributed by atoms with Crippen LogP contribution in [0, 0.1) is 28.9 Å². The largest absolute Gasteiger partial charge is 0.461 e. The standard InChI is InChI=1S/C37H36ClF3N8O3S/c1-51-18-22-8-13-49(46-22)35(50)20-4-2-10-47(12-7-20)34-24-14-26(38)29(23-5-6-27(40)32-28(23)25(16-42)33(43)53-32)30(41)31(24)44-36(45-34)52-19-37-9-3-11-48(37)17-21(39)15-37/h5-6,8,13-14,20-21H,2-4,7,9-12,15,17-19,43H2,1H3/t20?,21-,37+/m1/s1. The Balaban J connectivity index is 1.20. The monoisotopic (exact) mass is 764 g/mol. The lowest BCUT2D eigenvalue weighted by atomic mass is 9.95. The number of nitrogens with two attached hydrogens (primary N) is 1. The van der Waals surface area contributed by atoms with E-state index in [2.05, 4.69) is 15.0 Å². The fourth-order valence-electron chi connectivity index (χ4n) is 8.32. The Hall–Kier alpha value is -4.49. The first-order valence-corrected chi connectivity index (χ1v) is 18.8. The molecule has 8 rings (SSSR count). The maximum atomic E-state index is 17.1. The number of nitriles is 1. The number of nitrogens with zero attached hydrogens (tertiary/aromatic N) is 7. The van der Waals surface area contributed by atoms with Crippen molar-refractivity contribution in [1.82, 2.24) is 24.6 Å². The van der Waals surface area contributed by atoms with E-state index in [0.717, 1.165) is 30.7 Å². The Morgan fingerprint density at radius 2 is 2.04 bits per heavy atom. The number of hydrogen-bond donors (Lipinski definition) is 1. The highest BCUT2D eigenvalue weighted by molar-refractivity contribution is 7.23. The van der Waals surface area contributed by atoms with Crippen LogP contribution in [0.5, 0.6) is 6.01 Å². The third-order valence-corrected chi connectivity index (χ3v) is 12.1. The minimum atomic E-state index is -0.966. The molecule has 3 atom stereocenters. The fourth-order valence-corrected chi connectivity index (χ4v) is 9.56. The number of ether oxygens (including phenoxy) is 2. The molecule has 2 aromatic carbocycles. The quantitative estimate of drug-likeness (QED) is 0.174. The van der Waals surface area contributed by atoms with E-state index < -0.39 is 23.3 Å². The van der Waals surface area contributed by atoms with Crippen molar-refractivity contribution >= 4 is 60.7 Å². The van der Waals surface area contributed by atoms with Gasteiger partial charge in [0, 0.05) is 61.6 Å². The summed E-state index contributed by atoms with van der Waals surface area (Å²) >= 11 is 7.80. The van der Waals surface area contributed by atoms with Crippen LogP contribution in [0.2, 0.25) is 5.02 Å². The van der Waals surface area contributed by atoms with Crippen LogP contribution in [-0.4, -0.2) is 82.2 Å². The summed E-state index contributed by atoms with van der Waals surface area (Å²) < 4.78 is 59.6. The lowest BCUT2D eigenvalue weighted by molar-refractivity contribution is 0.0804. The van der Waals surface area contributed by atoms with Crippen molar-refractivity contribution in [3.63, 3.8) is 0 Å². The van der Waals surface area contributed by atoms with Gasteiger partial charge < -0.3 is 20.1 Å². The highest BCUT2D eigenvalue weighted by atomic mass is 35.5. The molecule has 16 heteroatoms. The first-order chi connectivity index (χ1) is 25.6. The number of anilines is 2. The van der Waals surface area contributed by atoms with Crippen molar-refractivity contribution in [2.45, 2.75) is 56.8 Å². The molecule has 3 saturated heterocycles. The Morgan fingerprint density at radius 1 is 1.19 bits per heavy atom. The molecule has 3 aliphatic rings. The number of alkyl halides is 1. The van der Waals surface area contributed by atoms with E-state index in [0.29, 0.717) is 68.8 Å². The molecule has 5 aromatic rings. The third-order valence-electron chi connectivity index (χ3n) is 10.8. The van der Waals surface area contributed by atoms with E-state index in [9.17, 15) is 18.8 Å². The van der Waals surface area contributed by atoms with Gasteiger partial charge in [0.25, 0.3) is 0 Å². The van der Waals surface area contributed by atoms with Gasteiger partial charge in [0.05, 0.1) is 33.1 Å². The zero-order chi connectivity index (χ0) is 37.0. The number of thiophene rings is 1. The molecule has 53 heavy (non-hydrogen) atoms. The Morgan fingerprint density at radius 3 is 2.85 bits per heavy atom. The van der Waals surface area contributed by atoms with E-state index in [1.54, 1.807) is 25.4 Å². The molecule has 0 radical (unpaired) electrons. The van der Waals surface area contributed by atoms with E-state index in [-0.39, 0.29) is 66.8 Å². The molecule has 2 N–H and O–H groups in total. The topological polar surface area (TPSA) is 135 Å². The number of hydrogen-bond acceptors (Lipinski definition) is 11. The van der Waals surface area contributed by atoms with Crippen LogP contribution in [0.3, 0.4) is 0 Å². The van der Waals surface area contributed by atoms with Crippen molar-refractivity contribution < 1.29 is 27.4 Å². The molecular formula is C37H36ClF3N8O3S. The average molecular weight is 765 g/mol. The van der Waals surface area contributed by atoms with Gasteiger partial charge in [0.2, 0.25) is 5.91 Å². The van der Waals surface area contributed by atoms with E-state index in [4.69, 9.17) is 31.8 Å². The van der Waals surface area contributed by atoms with Crippen molar-refractivity contribution in [2.75, 3.05) is 50.5 Å². The van der Waals surface area contributed by atoms with Gasteiger partial charge in [-0.2, -0.15) is 20.3 Å². The van der Waals surface area contributed by atoms with Crippen molar-refractivity contribution in [2.24, 2.45) is 5.92 Å². The molecule has 3 aromatic heterocycles. The summed E-state index contributed by atoms with van der Waals surface area (Å²) in [7, 11) is 1.57. The van der Waals surface area contributed by atoms with Crippen LogP contribution in [0.4, 0.5) is 24.0 Å². The van der Waals surface area contributed by atoms with Gasteiger partial charge in [0.1, 0.15) is 41.0 Å².